The molecule has 1 aliphatic carbocycles. The van der Waals surface area contributed by atoms with Gasteiger partial charge in [-0.15, -0.1) is 0 Å². The summed E-state index contributed by atoms with van der Waals surface area (Å²) in [6.07, 6.45) is 5.44. The van der Waals surface area contributed by atoms with E-state index in [-0.39, 0.29) is 17.9 Å². The summed E-state index contributed by atoms with van der Waals surface area (Å²) in [4.78, 5) is 30.1. The Morgan fingerprint density at radius 1 is 1.13 bits per heavy atom. The number of piperazine rings is 1. The van der Waals surface area contributed by atoms with Gasteiger partial charge in [0.05, 0.1) is 13.2 Å². The number of ether oxygens (including phenoxy) is 2. The summed E-state index contributed by atoms with van der Waals surface area (Å²) in [7, 11) is 3.28. The minimum Gasteiger partial charge on any atom is -0.497 e. The smallest absolute Gasteiger partial charge is 0.254 e. The molecule has 1 aromatic carbocycles. The molecule has 166 valence electrons. The molecule has 1 saturated carbocycles. The summed E-state index contributed by atoms with van der Waals surface area (Å²) in [6.45, 7) is 4.01. The largest absolute Gasteiger partial charge is 0.497 e. The van der Waals surface area contributed by atoms with Crippen molar-refractivity contribution in [1.82, 2.24) is 15.1 Å². The summed E-state index contributed by atoms with van der Waals surface area (Å²) in [5.74, 6) is 1.25. The Hall–Kier alpha value is -2.12. The third-order valence-electron chi connectivity index (χ3n) is 6.25. The zero-order valence-corrected chi connectivity index (χ0v) is 18.3. The Labute approximate surface area is 179 Å². The molecule has 30 heavy (non-hydrogen) atoms. The molecule has 1 heterocycles. The molecule has 1 N–H and O–H groups in total. The highest BCUT2D eigenvalue weighted by molar-refractivity contribution is 5.94. The standard InChI is InChI=1S/C23H35N3O4/c1-29-16-6-11-24-22(27)21(18-7-3-4-8-18)25-12-14-26(15-13-25)23(28)19-9-5-10-20(17-19)30-2/h5,9-10,17-18,21H,3-4,6-8,11-16H2,1-2H3,(H,24,27). The van der Waals surface area contributed by atoms with Gasteiger partial charge in [0.15, 0.2) is 0 Å². The van der Waals surface area contributed by atoms with Gasteiger partial charge in [-0.25, -0.2) is 0 Å². The van der Waals surface area contributed by atoms with E-state index >= 15 is 0 Å². The molecule has 2 aliphatic rings. The number of nitrogens with zero attached hydrogens (tertiary/aromatic N) is 2. The van der Waals surface area contributed by atoms with E-state index in [0.29, 0.717) is 43.5 Å². The summed E-state index contributed by atoms with van der Waals surface area (Å²) in [6, 6.07) is 7.19. The zero-order chi connectivity index (χ0) is 21.3. The lowest BCUT2D eigenvalue weighted by Crippen LogP contribution is -2.58. The zero-order valence-electron chi connectivity index (χ0n) is 18.3. The number of rotatable bonds is 9. The molecule has 0 radical (unpaired) electrons. The number of carbonyl (C=O) groups is 2. The van der Waals surface area contributed by atoms with Crippen LogP contribution in [0, 0.1) is 5.92 Å². The molecule has 0 aromatic heterocycles. The molecule has 0 spiro atoms. The topological polar surface area (TPSA) is 71.1 Å². The Kier molecular flexibility index (Phi) is 8.51. The first-order valence-corrected chi connectivity index (χ1v) is 11.1. The molecule has 7 heteroatoms. The van der Waals surface area contributed by atoms with Gasteiger partial charge >= 0.3 is 0 Å². The molecule has 1 aliphatic heterocycles. The number of methoxy groups -OCH3 is 2. The van der Waals surface area contributed by atoms with Crippen molar-refractivity contribution in [3.63, 3.8) is 0 Å². The second-order valence-electron chi connectivity index (χ2n) is 8.19. The third-order valence-corrected chi connectivity index (χ3v) is 6.25. The molecule has 0 bridgehead atoms. The van der Waals surface area contributed by atoms with Crippen molar-refractivity contribution in [2.45, 2.75) is 38.1 Å². The highest BCUT2D eigenvalue weighted by atomic mass is 16.5. The maximum Gasteiger partial charge on any atom is 0.254 e. The van der Waals surface area contributed by atoms with Gasteiger partial charge in [0, 0.05) is 52.0 Å². The SMILES string of the molecule is COCCCNC(=O)C(C1CCCC1)N1CCN(C(=O)c2cccc(OC)c2)CC1. The number of benzene rings is 1. The van der Waals surface area contributed by atoms with Crippen LogP contribution in [0.15, 0.2) is 24.3 Å². The fourth-order valence-electron chi connectivity index (χ4n) is 4.63. The summed E-state index contributed by atoms with van der Waals surface area (Å²) < 4.78 is 10.3. The van der Waals surface area contributed by atoms with Crippen LogP contribution in [0.2, 0.25) is 0 Å². The predicted octanol–water partition coefficient (Wildman–Crippen LogP) is 2.16. The van der Waals surface area contributed by atoms with Crippen molar-refractivity contribution < 1.29 is 19.1 Å². The number of hydrogen-bond acceptors (Lipinski definition) is 5. The highest BCUT2D eigenvalue weighted by Gasteiger charge is 2.37. The van der Waals surface area contributed by atoms with E-state index in [1.54, 1.807) is 20.3 Å². The van der Waals surface area contributed by atoms with Gasteiger partial charge in [-0.05, 0) is 43.4 Å². The van der Waals surface area contributed by atoms with Gasteiger partial charge in [-0.3, -0.25) is 14.5 Å². The van der Waals surface area contributed by atoms with Crippen molar-refractivity contribution in [2.75, 3.05) is 53.6 Å². The van der Waals surface area contributed by atoms with E-state index in [1.165, 1.54) is 12.8 Å². The lowest BCUT2D eigenvalue weighted by Gasteiger charge is -2.40. The quantitative estimate of drug-likeness (QED) is 0.624. The maximum atomic E-state index is 13.0. The van der Waals surface area contributed by atoms with Crippen molar-refractivity contribution in [1.29, 1.82) is 0 Å². The van der Waals surface area contributed by atoms with Gasteiger partial charge in [-0.2, -0.15) is 0 Å². The van der Waals surface area contributed by atoms with Crippen LogP contribution in [0.1, 0.15) is 42.5 Å². The van der Waals surface area contributed by atoms with Gasteiger partial charge in [0.1, 0.15) is 5.75 Å². The van der Waals surface area contributed by atoms with Crippen molar-refractivity contribution in [3.05, 3.63) is 29.8 Å². The minimum atomic E-state index is -0.0934. The van der Waals surface area contributed by atoms with Crippen LogP contribution in [0.4, 0.5) is 0 Å². The van der Waals surface area contributed by atoms with E-state index < -0.39 is 0 Å². The normalized spacial score (nSPS) is 18.9. The van der Waals surface area contributed by atoms with Crippen LogP contribution in [0.25, 0.3) is 0 Å². The molecule has 1 saturated heterocycles. The lowest BCUT2D eigenvalue weighted by atomic mass is 9.95. The van der Waals surface area contributed by atoms with Gasteiger partial charge < -0.3 is 19.7 Å². The van der Waals surface area contributed by atoms with Crippen LogP contribution in [-0.2, 0) is 9.53 Å². The molecule has 7 nitrogen and oxygen atoms in total. The first kappa shape index (κ1) is 22.6. The molecular weight excluding hydrogens is 382 g/mol. The number of hydrogen-bond donors (Lipinski definition) is 1. The van der Waals surface area contributed by atoms with Crippen LogP contribution >= 0.6 is 0 Å². The summed E-state index contributed by atoms with van der Waals surface area (Å²) in [5.41, 5.74) is 0.644. The average molecular weight is 418 g/mol. The number of carbonyl (C=O) groups excluding carboxylic acids is 2. The van der Waals surface area contributed by atoms with E-state index in [0.717, 1.165) is 32.4 Å². The fraction of sp³-hybridized carbons (Fsp3) is 0.652. The second-order valence-corrected chi connectivity index (χ2v) is 8.19. The Balaban J connectivity index is 1.59. The van der Waals surface area contributed by atoms with Crippen LogP contribution in [0.3, 0.4) is 0 Å². The van der Waals surface area contributed by atoms with Crippen LogP contribution in [0.5, 0.6) is 5.75 Å². The summed E-state index contributed by atoms with van der Waals surface area (Å²) >= 11 is 0. The first-order chi connectivity index (χ1) is 14.6. The van der Waals surface area contributed by atoms with Gasteiger partial charge in [0.25, 0.3) is 5.91 Å². The molecule has 1 unspecified atom stereocenters. The van der Waals surface area contributed by atoms with Crippen molar-refractivity contribution in [3.8, 4) is 5.75 Å². The van der Waals surface area contributed by atoms with Gasteiger partial charge in [0.2, 0.25) is 5.91 Å². The highest BCUT2D eigenvalue weighted by Crippen LogP contribution is 2.31. The first-order valence-electron chi connectivity index (χ1n) is 11.1. The average Bonchev–Trinajstić information content (AvgIpc) is 3.31. The lowest BCUT2D eigenvalue weighted by molar-refractivity contribution is -0.129. The minimum absolute atomic E-state index is 0.0231. The van der Waals surface area contributed by atoms with E-state index in [4.69, 9.17) is 9.47 Å². The molecule has 1 aromatic rings. The number of amides is 2. The number of nitrogens with one attached hydrogen (secondary N) is 1. The van der Waals surface area contributed by atoms with Crippen molar-refractivity contribution in [2.24, 2.45) is 5.92 Å². The molecule has 2 amide bonds. The molecule has 3 rings (SSSR count). The predicted molar refractivity (Wildman–Crippen MR) is 116 cm³/mol. The maximum absolute atomic E-state index is 13.0. The second kappa shape index (κ2) is 11.3. The van der Waals surface area contributed by atoms with Gasteiger partial charge in [-0.1, -0.05) is 18.9 Å². The summed E-state index contributed by atoms with van der Waals surface area (Å²) in [5, 5.41) is 3.11. The van der Waals surface area contributed by atoms with E-state index in [1.807, 2.05) is 23.1 Å². The Morgan fingerprint density at radius 2 is 1.87 bits per heavy atom. The molecule has 2 fully saturated rings. The molecular formula is C23H35N3O4. The van der Waals surface area contributed by atoms with E-state index in [2.05, 4.69) is 10.2 Å². The molecule has 1 atom stereocenters. The van der Waals surface area contributed by atoms with E-state index in [9.17, 15) is 9.59 Å². The van der Waals surface area contributed by atoms with Crippen LogP contribution in [-0.4, -0.2) is 81.2 Å². The fourth-order valence-corrected chi connectivity index (χ4v) is 4.63. The van der Waals surface area contributed by atoms with Crippen LogP contribution < -0.4 is 10.1 Å². The monoisotopic (exact) mass is 417 g/mol. The van der Waals surface area contributed by atoms with Crippen molar-refractivity contribution >= 4 is 11.8 Å². The Bertz CT molecular complexity index is 697. The Morgan fingerprint density at radius 3 is 2.53 bits per heavy atom. The third kappa shape index (κ3) is 5.73.